The van der Waals surface area contributed by atoms with E-state index in [1.807, 2.05) is 0 Å². The van der Waals surface area contributed by atoms with Crippen molar-refractivity contribution in [3.8, 4) is 6.07 Å². The largest absolute Gasteiger partial charge is 0.399 e. The van der Waals surface area contributed by atoms with Crippen LogP contribution < -0.4 is 5.73 Å². The Morgan fingerprint density at radius 1 is 1.64 bits per heavy atom. The molecule has 0 atom stereocenters. The lowest BCUT2D eigenvalue weighted by molar-refractivity contribution is 0.102. The molecule has 5 heteroatoms. The lowest BCUT2D eigenvalue weighted by atomic mass is 10.0. The van der Waals surface area contributed by atoms with Gasteiger partial charge in [-0.2, -0.15) is 5.26 Å². The van der Waals surface area contributed by atoms with Crippen LogP contribution in [-0.2, 0) is 0 Å². The third-order valence-corrected chi connectivity index (χ3v) is 2.14. The maximum absolute atomic E-state index is 13.3. The number of alkyl halides is 1. The van der Waals surface area contributed by atoms with Crippen LogP contribution in [0.25, 0.3) is 0 Å². The fourth-order valence-electron chi connectivity index (χ4n) is 1.07. The number of carbonyl (C=O) groups is 1. The molecule has 0 bridgehead atoms. The van der Waals surface area contributed by atoms with Crippen LogP contribution in [0.4, 0.5) is 10.1 Å². The highest BCUT2D eigenvalue weighted by molar-refractivity contribution is 9.09. The lowest BCUT2D eigenvalue weighted by Gasteiger charge is -2.03. The number of nitrogen functional groups attached to an aromatic ring is 1. The summed E-state index contributed by atoms with van der Waals surface area (Å²) in [5.74, 6) is -1.23. The average Bonchev–Trinajstić information content (AvgIpc) is 2.15. The Labute approximate surface area is 88.5 Å². The fourth-order valence-corrected chi connectivity index (χ4v) is 1.35. The number of hydrogen-bond donors (Lipinski definition) is 1. The second kappa shape index (κ2) is 4.20. The molecule has 0 aliphatic carbocycles. The quantitative estimate of drug-likeness (QED) is 0.499. The average molecular weight is 257 g/mol. The summed E-state index contributed by atoms with van der Waals surface area (Å²) >= 11 is 2.91. The molecule has 1 rings (SSSR count). The van der Waals surface area contributed by atoms with E-state index < -0.39 is 11.6 Å². The first-order valence-electron chi connectivity index (χ1n) is 3.68. The predicted molar refractivity (Wildman–Crippen MR) is 53.7 cm³/mol. The summed E-state index contributed by atoms with van der Waals surface area (Å²) in [6.07, 6.45) is 0. The first-order chi connectivity index (χ1) is 6.60. The zero-order valence-corrected chi connectivity index (χ0v) is 8.64. The van der Waals surface area contributed by atoms with Gasteiger partial charge in [-0.25, -0.2) is 4.39 Å². The number of nitriles is 1. The number of carbonyl (C=O) groups excluding carboxylic acids is 1. The summed E-state index contributed by atoms with van der Waals surface area (Å²) in [5.41, 5.74) is 5.22. The number of nitrogens with zero attached hydrogens (tertiary/aromatic N) is 1. The zero-order chi connectivity index (χ0) is 10.7. The van der Waals surface area contributed by atoms with Gasteiger partial charge in [0, 0.05) is 5.69 Å². The molecule has 0 saturated heterocycles. The van der Waals surface area contributed by atoms with Crippen molar-refractivity contribution in [1.29, 1.82) is 5.26 Å². The maximum Gasteiger partial charge on any atom is 0.177 e. The number of anilines is 1. The molecule has 14 heavy (non-hydrogen) atoms. The van der Waals surface area contributed by atoms with Crippen molar-refractivity contribution in [2.24, 2.45) is 0 Å². The predicted octanol–water partition coefficient (Wildman–Crippen LogP) is 1.86. The second-order valence-electron chi connectivity index (χ2n) is 2.59. The van der Waals surface area contributed by atoms with Crippen molar-refractivity contribution in [3.63, 3.8) is 0 Å². The number of rotatable bonds is 2. The summed E-state index contributed by atoms with van der Waals surface area (Å²) in [6.45, 7) is 0. The van der Waals surface area contributed by atoms with Crippen LogP contribution in [0.1, 0.15) is 15.9 Å². The smallest absolute Gasteiger partial charge is 0.177 e. The molecule has 2 N–H and O–H groups in total. The van der Waals surface area contributed by atoms with Crippen molar-refractivity contribution in [3.05, 3.63) is 29.1 Å². The van der Waals surface area contributed by atoms with Crippen molar-refractivity contribution in [2.75, 3.05) is 11.1 Å². The van der Waals surface area contributed by atoms with Gasteiger partial charge in [-0.3, -0.25) is 4.79 Å². The highest BCUT2D eigenvalue weighted by Gasteiger charge is 2.16. The van der Waals surface area contributed by atoms with Crippen molar-refractivity contribution in [1.82, 2.24) is 0 Å². The molecule has 0 radical (unpaired) electrons. The minimum Gasteiger partial charge on any atom is -0.399 e. The first kappa shape index (κ1) is 10.7. The normalized spacial score (nSPS) is 9.50. The number of hydrogen-bond acceptors (Lipinski definition) is 3. The number of halogens is 2. The standard InChI is InChI=1S/C9H6BrFN2O/c10-3-8(14)9-5(4-12)1-6(13)2-7(9)11/h1-2H,3,13H2. The third-order valence-electron chi connectivity index (χ3n) is 1.63. The van der Waals surface area contributed by atoms with Gasteiger partial charge in [-0.15, -0.1) is 0 Å². The minimum atomic E-state index is -0.758. The van der Waals surface area contributed by atoms with Gasteiger partial charge in [-0.05, 0) is 12.1 Å². The summed E-state index contributed by atoms with van der Waals surface area (Å²) in [4.78, 5) is 11.2. The summed E-state index contributed by atoms with van der Waals surface area (Å²) in [7, 11) is 0. The number of benzene rings is 1. The summed E-state index contributed by atoms with van der Waals surface area (Å²) < 4.78 is 13.3. The Hall–Kier alpha value is -1.41. The van der Waals surface area contributed by atoms with E-state index in [9.17, 15) is 9.18 Å². The van der Waals surface area contributed by atoms with Crippen LogP contribution in [-0.4, -0.2) is 11.1 Å². The van der Waals surface area contributed by atoms with Crippen LogP contribution in [0.3, 0.4) is 0 Å². The van der Waals surface area contributed by atoms with Crippen LogP contribution in [0, 0.1) is 17.1 Å². The number of Topliss-reactive ketones (excluding diaryl/α,β-unsaturated/α-hetero) is 1. The molecule has 3 nitrogen and oxygen atoms in total. The molecule has 0 heterocycles. The molecule has 0 spiro atoms. The molecule has 0 unspecified atom stereocenters. The van der Waals surface area contributed by atoms with Gasteiger partial charge in [0.15, 0.2) is 5.78 Å². The molecule has 0 fully saturated rings. The second-order valence-corrected chi connectivity index (χ2v) is 3.15. The van der Waals surface area contributed by atoms with E-state index in [1.165, 1.54) is 6.07 Å². The Bertz CT molecular complexity index is 426. The van der Waals surface area contributed by atoms with E-state index in [0.29, 0.717) is 0 Å². The van der Waals surface area contributed by atoms with Crippen LogP contribution in [0.5, 0.6) is 0 Å². The third kappa shape index (κ3) is 1.91. The van der Waals surface area contributed by atoms with E-state index in [-0.39, 0.29) is 22.1 Å². The molecular weight excluding hydrogens is 251 g/mol. The Morgan fingerprint density at radius 3 is 2.79 bits per heavy atom. The number of nitrogens with two attached hydrogens (primary N) is 1. The number of ketones is 1. The van der Waals surface area contributed by atoms with E-state index in [0.717, 1.165) is 6.07 Å². The first-order valence-corrected chi connectivity index (χ1v) is 4.80. The van der Waals surface area contributed by atoms with E-state index in [2.05, 4.69) is 15.9 Å². The molecular formula is C9H6BrFN2O. The van der Waals surface area contributed by atoms with Crippen molar-refractivity contribution >= 4 is 27.4 Å². The molecule has 1 aromatic carbocycles. The van der Waals surface area contributed by atoms with Gasteiger partial charge >= 0.3 is 0 Å². The molecule has 0 aliphatic heterocycles. The van der Waals surface area contributed by atoms with Gasteiger partial charge in [0.25, 0.3) is 0 Å². The van der Waals surface area contributed by atoms with Gasteiger partial charge < -0.3 is 5.73 Å². The molecule has 0 amide bonds. The molecule has 0 saturated carbocycles. The summed E-state index contributed by atoms with van der Waals surface area (Å²) in [6, 6.07) is 4.03. The Balaban J connectivity index is 3.42. The minimum absolute atomic E-state index is 0.0253. The SMILES string of the molecule is N#Cc1cc(N)cc(F)c1C(=O)CBr. The van der Waals surface area contributed by atoms with Gasteiger partial charge in [0.2, 0.25) is 0 Å². The van der Waals surface area contributed by atoms with Crippen LogP contribution >= 0.6 is 15.9 Å². The van der Waals surface area contributed by atoms with Gasteiger partial charge in [0.1, 0.15) is 11.9 Å². The monoisotopic (exact) mass is 256 g/mol. The molecule has 0 aromatic heterocycles. The highest BCUT2D eigenvalue weighted by atomic mass is 79.9. The van der Waals surface area contributed by atoms with Crippen molar-refractivity contribution in [2.45, 2.75) is 0 Å². The lowest BCUT2D eigenvalue weighted by Crippen LogP contribution is -2.07. The van der Waals surface area contributed by atoms with Crippen molar-refractivity contribution < 1.29 is 9.18 Å². The van der Waals surface area contributed by atoms with Gasteiger partial charge in [0.05, 0.1) is 16.5 Å². The topological polar surface area (TPSA) is 66.9 Å². The Kier molecular flexibility index (Phi) is 3.20. The van der Waals surface area contributed by atoms with E-state index in [4.69, 9.17) is 11.0 Å². The molecule has 1 aromatic rings. The molecule has 72 valence electrons. The van der Waals surface area contributed by atoms with Gasteiger partial charge in [-0.1, -0.05) is 15.9 Å². The maximum atomic E-state index is 13.3. The van der Waals surface area contributed by atoms with Crippen LogP contribution in [0.2, 0.25) is 0 Å². The van der Waals surface area contributed by atoms with E-state index >= 15 is 0 Å². The summed E-state index contributed by atoms with van der Waals surface area (Å²) in [5, 5.41) is 8.65. The zero-order valence-electron chi connectivity index (χ0n) is 7.05. The van der Waals surface area contributed by atoms with E-state index in [1.54, 1.807) is 6.07 Å². The fraction of sp³-hybridized carbons (Fsp3) is 0.111. The Morgan fingerprint density at radius 2 is 2.29 bits per heavy atom. The van der Waals surface area contributed by atoms with Crippen LogP contribution in [0.15, 0.2) is 12.1 Å². The highest BCUT2D eigenvalue weighted by Crippen LogP contribution is 2.18. The molecule has 0 aliphatic rings.